The molecule has 0 saturated carbocycles. The van der Waals surface area contributed by atoms with Gasteiger partial charge in [0.1, 0.15) is 10.6 Å². The van der Waals surface area contributed by atoms with Crippen LogP contribution < -0.4 is 15.2 Å². The van der Waals surface area contributed by atoms with Crippen molar-refractivity contribution < 1.29 is 13.2 Å². The molecule has 0 radical (unpaired) electrons. The summed E-state index contributed by atoms with van der Waals surface area (Å²) in [6, 6.07) is 11.6. The van der Waals surface area contributed by atoms with Crippen LogP contribution in [0.15, 0.2) is 47.4 Å². The van der Waals surface area contributed by atoms with E-state index in [0.717, 1.165) is 0 Å². The second-order valence-electron chi connectivity index (χ2n) is 4.33. The Morgan fingerprint density at radius 3 is 2.30 bits per heavy atom. The van der Waals surface area contributed by atoms with Crippen LogP contribution in [-0.2, 0) is 10.0 Å². The third-order valence-corrected chi connectivity index (χ3v) is 4.45. The van der Waals surface area contributed by atoms with Gasteiger partial charge in [-0.05, 0) is 42.8 Å². The van der Waals surface area contributed by atoms with Crippen molar-refractivity contribution in [3.8, 4) is 5.75 Å². The lowest BCUT2D eigenvalue weighted by molar-refractivity contribution is 0.415. The van der Waals surface area contributed by atoms with Crippen LogP contribution in [0.4, 0.5) is 11.4 Å². The highest BCUT2D eigenvalue weighted by molar-refractivity contribution is 7.93. The van der Waals surface area contributed by atoms with Crippen LogP contribution in [-0.4, -0.2) is 15.5 Å². The summed E-state index contributed by atoms with van der Waals surface area (Å²) in [6.07, 6.45) is 0. The van der Waals surface area contributed by atoms with Crippen LogP contribution in [0.2, 0.25) is 0 Å². The van der Waals surface area contributed by atoms with Crippen molar-refractivity contribution in [3.05, 3.63) is 48.0 Å². The quantitative estimate of drug-likeness (QED) is 0.848. The summed E-state index contributed by atoms with van der Waals surface area (Å²) in [5, 5.41) is 0. The minimum absolute atomic E-state index is 0.107. The number of nitrogens with two attached hydrogens (primary N) is 1. The summed E-state index contributed by atoms with van der Waals surface area (Å²) in [5.41, 5.74) is 7.05. The van der Waals surface area contributed by atoms with E-state index in [4.69, 9.17) is 10.5 Å². The van der Waals surface area contributed by atoms with Gasteiger partial charge >= 0.3 is 0 Å². The zero-order chi connectivity index (χ0) is 14.8. The second kappa shape index (κ2) is 5.42. The molecule has 0 saturated heterocycles. The SMILES string of the molecule is COc1ccc(NS(=O)(=O)c2c(C)cccc2N)cc1. The molecule has 3 N–H and O–H groups in total. The topological polar surface area (TPSA) is 81.4 Å². The molecule has 20 heavy (non-hydrogen) atoms. The van der Waals surface area contributed by atoms with Crippen LogP contribution in [0, 0.1) is 6.92 Å². The summed E-state index contributed by atoms with van der Waals surface area (Å²) in [5.74, 6) is 0.656. The number of rotatable bonds is 4. The number of benzene rings is 2. The fourth-order valence-corrected chi connectivity index (χ4v) is 3.33. The molecule has 2 rings (SSSR count). The van der Waals surface area contributed by atoms with E-state index in [1.165, 1.54) is 0 Å². The molecule has 0 aliphatic carbocycles. The Bertz CT molecular complexity index is 689. The van der Waals surface area contributed by atoms with Crippen LogP contribution in [0.25, 0.3) is 0 Å². The van der Waals surface area contributed by atoms with Gasteiger partial charge in [0.15, 0.2) is 0 Å². The van der Waals surface area contributed by atoms with E-state index in [1.807, 2.05) is 0 Å². The van der Waals surface area contributed by atoms with E-state index in [-0.39, 0.29) is 10.6 Å². The lowest BCUT2D eigenvalue weighted by Gasteiger charge is -2.12. The van der Waals surface area contributed by atoms with Crippen molar-refractivity contribution in [1.82, 2.24) is 0 Å². The van der Waals surface area contributed by atoms with Crippen LogP contribution in [0.1, 0.15) is 5.56 Å². The molecule has 2 aromatic rings. The molecular formula is C14H16N2O3S. The van der Waals surface area contributed by atoms with Gasteiger partial charge < -0.3 is 10.5 Å². The highest BCUT2D eigenvalue weighted by Crippen LogP contribution is 2.25. The molecule has 0 aliphatic rings. The summed E-state index contributed by atoms with van der Waals surface area (Å²) in [6.45, 7) is 1.71. The maximum absolute atomic E-state index is 12.4. The minimum Gasteiger partial charge on any atom is -0.497 e. The first-order chi connectivity index (χ1) is 9.44. The van der Waals surface area contributed by atoms with E-state index in [0.29, 0.717) is 17.0 Å². The van der Waals surface area contributed by atoms with Gasteiger partial charge in [-0.25, -0.2) is 8.42 Å². The zero-order valence-electron chi connectivity index (χ0n) is 11.3. The Balaban J connectivity index is 2.35. The van der Waals surface area contributed by atoms with E-state index in [2.05, 4.69) is 4.72 Å². The van der Waals surface area contributed by atoms with Gasteiger partial charge in [0, 0.05) is 5.69 Å². The van der Waals surface area contributed by atoms with E-state index in [9.17, 15) is 8.42 Å². The highest BCUT2D eigenvalue weighted by atomic mass is 32.2. The van der Waals surface area contributed by atoms with Crippen molar-refractivity contribution in [2.75, 3.05) is 17.6 Å². The minimum atomic E-state index is -3.71. The molecule has 5 nitrogen and oxygen atoms in total. The number of anilines is 2. The average Bonchev–Trinajstić information content (AvgIpc) is 2.38. The van der Waals surface area contributed by atoms with Crippen molar-refractivity contribution in [1.29, 1.82) is 0 Å². The lowest BCUT2D eigenvalue weighted by atomic mass is 10.2. The Kier molecular flexibility index (Phi) is 3.85. The second-order valence-corrected chi connectivity index (χ2v) is 5.95. The smallest absolute Gasteiger partial charge is 0.264 e. The molecule has 0 heterocycles. The predicted octanol–water partition coefficient (Wildman–Crippen LogP) is 2.39. The number of methoxy groups -OCH3 is 1. The van der Waals surface area contributed by atoms with Crippen molar-refractivity contribution in [2.24, 2.45) is 0 Å². The molecule has 6 heteroatoms. The molecule has 0 spiro atoms. The predicted molar refractivity (Wildman–Crippen MR) is 79.4 cm³/mol. The summed E-state index contributed by atoms with van der Waals surface area (Å²) in [7, 11) is -2.16. The molecular weight excluding hydrogens is 276 g/mol. The van der Waals surface area contributed by atoms with Crippen LogP contribution >= 0.6 is 0 Å². The van der Waals surface area contributed by atoms with Gasteiger partial charge in [0.2, 0.25) is 0 Å². The third kappa shape index (κ3) is 2.85. The fraction of sp³-hybridized carbons (Fsp3) is 0.143. The van der Waals surface area contributed by atoms with Gasteiger partial charge in [-0.2, -0.15) is 0 Å². The number of nitrogens with one attached hydrogen (secondary N) is 1. The van der Waals surface area contributed by atoms with Gasteiger partial charge in [-0.3, -0.25) is 4.72 Å². The fourth-order valence-electron chi connectivity index (χ4n) is 1.91. The monoisotopic (exact) mass is 292 g/mol. The van der Waals surface area contributed by atoms with Crippen LogP contribution in [0.3, 0.4) is 0 Å². The number of nitrogen functional groups attached to an aromatic ring is 1. The summed E-state index contributed by atoms with van der Waals surface area (Å²) < 4.78 is 32.3. The molecule has 106 valence electrons. The largest absolute Gasteiger partial charge is 0.497 e. The van der Waals surface area contributed by atoms with E-state index < -0.39 is 10.0 Å². The van der Waals surface area contributed by atoms with Crippen molar-refractivity contribution >= 4 is 21.4 Å². The molecule has 0 fully saturated rings. The number of sulfonamides is 1. The first-order valence-electron chi connectivity index (χ1n) is 5.96. The third-order valence-electron chi connectivity index (χ3n) is 2.85. The first-order valence-corrected chi connectivity index (χ1v) is 7.44. The Hall–Kier alpha value is -2.21. The molecule has 0 atom stereocenters. The summed E-state index contributed by atoms with van der Waals surface area (Å²) >= 11 is 0. The zero-order valence-corrected chi connectivity index (χ0v) is 12.1. The van der Waals surface area contributed by atoms with Gasteiger partial charge in [0.25, 0.3) is 10.0 Å². The van der Waals surface area contributed by atoms with Crippen molar-refractivity contribution in [2.45, 2.75) is 11.8 Å². The number of hydrogen-bond donors (Lipinski definition) is 2. The van der Waals surface area contributed by atoms with Crippen molar-refractivity contribution in [3.63, 3.8) is 0 Å². The van der Waals surface area contributed by atoms with Gasteiger partial charge in [-0.15, -0.1) is 0 Å². The number of aryl methyl sites for hydroxylation is 1. The molecule has 0 unspecified atom stereocenters. The highest BCUT2D eigenvalue weighted by Gasteiger charge is 2.19. The number of hydrogen-bond acceptors (Lipinski definition) is 4. The maximum Gasteiger partial charge on any atom is 0.264 e. The maximum atomic E-state index is 12.4. The molecule has 0 aliphatic heterocycles. The van der Waals surface area contributed by atoms with Gasteiger partial charge in [-0.1, -0.05) is 12.1 Å². The average molecular weight is 292 g/mol. The Labute approximate surface area is 118 Å². The normalized spacial score (nSPS) is 11.1. The Morgan fingerprint density at radius 1 is 1.10 bits per heavy atom. The molecule has 2 aromatic carbocycles. The van der Waals surface area contributed by atoms with Crippen LogP contribution in [0.5, 0.6) is 5.75 Å². The lowest BCUT2D eigenvalue weighted by Crippen LogP contribution is -2.16. The standard InChI is InChI=1S/C14H16N2O3S/c1-10-4-3-5-13(15)14(10)20(17,18)16-11-6-8-12(19-2)9-7-11/h3-9,16H,15H2,1-2H3. The molecule has 0 bridgehead atoms. The van der Waals surface area contributed by atoms with E-state index in [1.54, 1.807) is 56.5 Å². The summed E-state index contributed by atoms with van der Waals surface area (Å²) in [4.78, 5) is 0.107. The van der Waals surface area contributed by atoms with E-state index >= 15 is 0 Å². The molecule has 0 amide bonds. The molecule has 0 aromatic heterocycles. The Morgan fingerprint density at radius 2 is 1.75 bits per heavy atom. The van der Waals surface area contributed by atoms with Gasteiger partial charge in [0.05, 0.1) is 12.8 Å². The first kappa shape index (κ1) is 14.2. The number of ether oxygens (including phenoxy) is 1.